The average molecular weight is 539 g/mol. The minimum Gasteiger partial charge on any atom is -0.482 e. The van der Waals surface area contributed by atoms with Crippen LogP contribution in [0.3, 0.4) is 0 Å². The van der Waals surface area contributed by atoms with Crippen LogP contribution in [-0.2, 0) is 20.7 Å². The highest BCUT2D eigenvalue weighted by Crippen LogP contribution is 2.22. The number of allylic oxidation sites excluding steroid dienone is 4. The number of carbonyl (C=O) groups is 3. The van der Waals surface area contributed by atoms with Crippen molar-refractivity contribution in [3.63, 3.8) is 0 Å². The van der Waals surface area contributed by atoms with E-state index in [0.29, 0.717) is 37.2 Å². The van der Waals surface area contributed by atoms with Gasteiger partial charge in [-0.1, -0.05) is 84.0 Å². The number of hydrogen-bond donors (Lipinski definition) is 0. The molecular formula is C35H38O5. The van der Waals surface area contributed by atoms with E-state index >= 15 is 0 Å². The zero-order chi connectivity index (χ0) is 28.9. The largest absolute Gasteiger partial charge is 0.482 e. The van der Waals surface area contributed by atoms with Crippen molar-refractivity contribution < 1.29 is 23.9 Å². The number of ether oxygens (including phenoxy) is 2. The molecule has 0 fully saturated rings. The fourth-order valence-corrected chi connectivity index (χ4v) is 4.41. The van der Waals surface area contributed by atoms with Crippen molar-refractivity contribution in [3.05, 3.63) is 113 Å². The topological polar surface area (TPSA) is 69.7 Å². The lowest BCUT2D eigenvalue weighted by molar-refractivity contribution is -0.145. The van der Waals surface area contributed by atoms with E-state index < -0.39 is 5.97 Å². The molecule has 3 rings (SSSR count). The first-order valence-electron chi connectivity index (χ1n) is 13.7. The Morgan fingerprint density at radius 3 is 2.05 bits per heavy atom. The number of rotatable bonds is 14. The highest BCUT2D eigenvalue weighted by atomic mass is 16.6. The Bertz CT molecular complexity index is 1350. The summed E-state index contributed by atoms with van der Waals surface area (Å²) in [5.74, 6) is 0.321. The second-order valence-corrected chi connectivity index (χ2v) is 9.85. The summed E-state index contributed by atoms with van der Waals surface area (Å²) in [7, 11) is 0. The van der Waals surface area contributed by atoms with Gasteiger partial charge in [0.05, 0.1) is 6.61 Å². The van der Waals surface area contributed by atoms with Gasteiger partial charge in [0, 0.05) is 12.0 Å². The van der Waals surface area contributed by atoms with Gasteiger partial charge in [0.25, 0.3) is 0 Å². The van der Waals surface area contributed by atoms with E-state index in [0.717, 1.165) is 39.8 Å². The molecule has 0 saturated heterocycles. The fourth-order valence-electron chi connectivity index (χ4n) is 4.41. The van der Waals surface area contributed by atoms with Crippen LogP contribution in [0.5, 0.6) is 5.75 Å². The molecule has 0 aromatic heterocycles. The normalized spacial score (nSPS) is 11.9. The van der Waals surface area contributed by atoms with Crippen molar-refractivity contribution in [2.45, 2.75) is 53.4 Å². The standard InChI is InChI=1S/C35H38O5/c1-5-39-35(38)24-40-32-19-13-28(14-20-32)23-25(2)11-21-33(27(4)36)26(3)12-22-34(37)31-17-15-30(16-18-31)29-9-7-6-8-10-29/h6-11,13-20H,5,12,21-24H2,1-4H3/b25-11+,33-26-. The summed E-state index contributed by atoms with van der Waals surface area (Å²) in [4.78, 5) is 36.7. The second-order valence-electron chi connectivity index (χ2n) is 9.85. The SMILES string of the molecule is CCOC(=O)COc1ccc(C/C(C)=C/C/C(C(C)=O)=C(\C)CCC(=O)c2ccc(-c3ccccc3)cc2)cc1. The van der Waals surface area contributed by atoms with Crippen molar-refractivity contribution in [1.82, 2.24) is 0 Å². The van der Waals surface area contributed by atoms with Crippen LogP contribution in [0.25, 0.3) is 11.1 Å². The Morgan fingerprint density at radius 2 is 1.43 bits per heavy atom. The van der Waals surface area contributed by atoms with Crippen LogP contribution in [-0.4, -0.2) is 30.7 Å². The zero-order valence-corrected chi connectivity index (χ0v) is 23.9. The van der Waals surface area contributed by atoms with Gasteiger partial charge in [-0.2, -0.15) is 0 Å². The molecule has 0 radical (unpaired) electrons. The van der Waals surface area contributed by atoms with Gasteiger partial charge in [0.15, 0.2) is 18.2 Å². The highest BCUT2D eigenvalue weighted by molar-refractivity contribution is 5.97. The van der Waals surface area contributed by atoms with E-state index in [1.54, 1.807) is 13.8 Å². The predicted octanol–water partition coefficient (Wildman–Crippen LogP) is 7.74. The monoisotopic (exact) mass is 538 g/mol. The number of ketones is 2. The Labute approximate surface area is 237 Å². The van der Waals surface area contributed by atoms with Gasteiger partial charge in [0.1, 0.15) is 5.75 Å². The molecular weight excluding hydrogens is 500 g/mol. The fraction of sp³-hybridized carbons (Fsp3) is 0.286. The van der Waals surface area contributed by atoms with E-state index in [2.05, 4.69) is 6.08 Å². The first-order valence-corrected chi connectivity index (χ1v) is 13.7. The van der Waals surface area contributed by atoms with Gasteiger partial charge in [-0.05, 0) is 81.4 Å². The van der Waals surface area contributed by atoms with Gasteiger partial charge >= 0.3 is 5.97 Å². The third-order valence-electron chi connectivity index (χ3n) is 6.70. The lowest BCUT2D eigenvalue weighted by Crippen LogP contribution is -2.14. The van der Waals surface area contributed by atoms with Gasteiger partial charge < -0.3 is 9.47 Å². The minimum absolute atomic E-state index is 0.0318. The molecule has 0 bridgehead atoms. The first-order chi connectivity index (χ1) is 19.3. The number of benzene rings is 3. The quantitative estimate of drug-likeness (QED) is 0.0909. The lowest BCUT2D eigenvalue weighted by Gasteiger charge is -2.10. The lowest BCUT2D eigenvalue weighted by atomic mass is 9.95. The summed E-state index contributed by atoms with van der Waals surface area (Å²) in [5.41, 5.74) is 6.83. The third-order valence-corrected chi connectivity index (χ3v) is 6.70. The van der Waals surface area contributed by atoms with Crippen LogP contribution in [0.15, 0.2) is 102 Å². The molecule has 208 valence electrons. The Kier molecular flexibility index (Phi) is 11.6. The van der Waals surface area contributed by atoms with Crippen LogP contribution >= 0.6 is 0 Å². The molecule has 0 unspecified atom stereocenters. The van der Waals surface area contributed by atoms with E-state index in [-0.39, 0.29) is 18.2 Å². The Morgan fingerprint density at radius 1 is 0.775 bits per heavy atom. The maximum Gasteiger partial charge on any atom is 0.344 e. The van der Waals surface area contributed by atoms with Gasteiger partial charge in [-0.25, -0.2) is 4.79 Å². The highest BCUT2D eigenvalue weighted by Gasteiger charge is 2.12. The summed E-state index contributed by atoms with van der Waals surface area (Å²) in [5, 5.41) is 0. The molecule has 3 aromatic carbocycles. The molecule has 3 aromatic rings. The summed E-state index contributed by atoms with van der Waals surface area (Å²) in [6.45, 7) is 7.54. The molecule has 0 N–H and O–H groups in total. The Balaban J connectivity index is 1.54. The van der Waals surface area contributed by atoms with E-state index in [1.807, 2.05) is 92.7 Å². The molecule has 0 saturated carbocycles. The molecule has 5 nitrogen and oxygen atoms in total. The van der Waals surface area contributed by atoms with Crippen LogP contribution in [0.1, 0.15) is 62.9 Å². The van der Waals surface area contributed by atoms with Gasteiger partial charge in [-0.3, -0.25) is 9.59 Å². The van der Waals surface area contributed by atoms with E-state index in [1.165, 1.54) is 0 Å². The van der Waals surface area contributed by atoms with Gasteiger partial charge in [0.2, 0.25) is 0 Å². The van der Waals surface area contributed by atoms with Crippen LogP contribution in [0.4, 0.5) is 0 Å². The van der Waals surface area contributed by atoms with Crippen LogP contribution in [0, 0.1) is 0 Å². The van der Waals surface area contributed by atoms with Crippen molar-refractivity contribution in [2.24, 2.45) is 0 Å². The summed E-state index contributed by atoms with van der Waals surface area (Å²) >= 11 is 0. The van der Waals surface area contributed by atoms with Crippen molar-refractivity contribution >= 4 is 17.5 Å². The maximum absolute atomic E-state index is 12.8. The maximum atomic E-state index is 12.8. The molecule has 0 atom stereocenters. The second kappa shape index (κ2) is 15.4. The average Bonchev–Trinajstić information content (AvgIpc) is 2.96. The summed E-state index contributed by atoms with van der Waals surface area (Å²) < 4.78 is 10.3. The van der Waals surface area contributed by atoms with Gasteiger partial charge in [-0.15, -0.1) is 0 Å². The van der Waals surface area contributed by atoms with Crippen molar-refractivity contribution in [2.75, 3.05) is 13.2 Å². The molecule has 0 amide bonds. The van der Waals surface area contributed by atoms with Crippen LogP contribution in [0.2, 0.25) is 0 Å². The summed E-state index contributed by atoms with van der Waals surface area (Å²) in [6, 6.07) is 25.4. The van der Waals surface area contributed by atoms with Crippen molar-refractivity contribution in [1.29, 1.82) is 0 Å². The Hall–Kier alpha value is -4.25. The number of carbonyl (C=O) groups excluding carboxylic acids is 3. The first kappa shape index (κ1) is 30.3. The molecule has 0 heterocycles. The molecule has 0 aliphatic heterocycles. The molecule has 0 aliphatic carbocycles. The van der Waals surface area contributed by atoms with E-state index in [9.17, 15) is 14.4 Å². The molecule has 5 heteroatoms. The number of hydrogen-bond acceptors (Lipinski definition) is 5. The smallest absolute Gasteiger partial charge is 0.344 e. The number of Topliss-reactive ketones (excluding diaryl/α,β-unsaturated/α-hetero) is 2. The predicted molar refractivity (Wildman–Crippen MR) is 159 cm³/mol. The zero-order valence-electron chi connectivity index (χ0n) is 23.9. The molecule has 0 aliphatic rings. The minimum atomic E-state index is -0.392. The van der Waals surface area contributed by atoms with Crippen LogP contribution < -0.4 is 4.74 Å². The number of esters is 1. The third kappa shape index (κ3) is 9.49. The summed E-state index contributed by atoms with van der Waals surface area (Å²) in [6.07, 6.45) is 4.26. The molecule has 40 heavy (non-hydrogen) atoms. The van der Waals surface area contributed by atoms with Crippen molar-refractivity contribution in [3.8, 4) is 16.9 Å². The molecule has 0 spiro atoms. The van der Waals surface area contributed by atoms with E-state index in [4.69, 9.17) is 9.47 Å².